The van der Waals surface area contributed by atoms with Gasteiger partial charge < -0.3 is 14.3 Å². The van der Waals surface area contributed by atoms with Gasteiger partial charge >= 0.3 is 5.97 Å². The molecular formula is C12H19BrN2O5SSi. The molecule has 2 saturated heterocycles. The van der Waals surface area contributed by atoms with Crippen LogP contribution >= 0.6 is 15.9 Å². The first-order valence-electron chi connectivity index (χ1n) is 6.82. The molecule has 1 N–H and O–H groups in total. The molecule has 2 aliphatic rings. The number of halogens is 1. The zero-order valence-corrected chi connectivity index (χ0v) is 16.0. The van der Waals surface area contributed by atoms with Crippen molar-refractivity contribution in [3.63, 3.8) is 0 Å². The number of fused-ring (bicyclic) bond motifs is 1. The van der Waals surface area contributed by atoms with Crippen molar-refractivity contribution >= 4 is 53.7 Å². The molecule has 0 aliphatic carbocycles. The summed E-state index contributed by atoms with van der Waals surface area (Å²) in [6.07, 6.45) is 0.433. The van der Waals surface area contributed by atoms with E-state index in [2.05, 4.69) is 21.2 Å². The monoisotopic (exact) mass is 410 g/mol. The SMILES string of the molecule is C[Si](C)(C)OC(=O)C1(CBr)CN2C(=O)C(NC=O)[C@H]2[S+]([O-])C1. The Hall–Kier alpha value is -0.583. The predicted octanol–water partition coefficient (Wildman–Crippen LogP) is -0.209. The lowest BCUT2D eigenvalue weighted by Gasteiger charge is -2.53. The molecule has 0 aromatic heterocycles. The molecule has 0 aromatic carbocycles. The van der Waals surface area contributed by atoms with Crippen LogP contribution in [0.2, 0.25) is 19.6 Å². The summed E-state index contributed by atoms with van der Waals surface area (Å²) in [5.74, 6) is -0.598. The minimum atomic E-state index is -2.09. The largest absolute Gasteiger partial charge is 0.615 e. The maximum absolute atomic E-state index is 12.5. The summed E-state index contributed by atoms with van der Waals surface area (Å²) in [6.45, 7) is 5.85. The van der Waals surface area contributed by atoms with Gasteiger partial charge in [-0.1, -0.05) is 15.9 Å². The van der Waals surface area contributed by atoms with E-state index in [1.165, 1.54) is 4.90 Å². The fraction of sp³-hybridized carbons (Fsp3) is 0.750. The third-order valence-corrected chi connectivity index (χ3v) is 7.41. The van der Waals surface area contributed by atoms with Crippen LogP contribution in [0.25, 0.3) is 0 Å². The van der Waals surface area contributed by atoms with Crippen molar-refractivity contribution in [2.75, 3.05) is 17.6 Å². The average molecular weight is 411 g/mol. The number of nitrogens with zero attached hydrogens (tertiary/aromatic N) is 1. The molecule has 124 valence electrons. The van der Waals surface area contributed by atoms with Crippen molar-refractivity contribution in [2.45, 2.75) is 31.1 Å². The van der Waals surface area contributed by atoms with E-state index in [-0.39, 0.29) is 23.5 Å². The molecule has 0 spiro atoms. The number of hydrogen-bond donors (Lipinski definition) is 1. The molecule has 2 heterocycles. The maximum atomic E-state index is 12.5. The minimum absolute atomic E-state index is 0.118. The van der Waals surface area contributed by atoms with Gasteiger partial charge in [-0.3, -0.25) is 19.3 Å². The van der Waals surface area contributed by atoms with Crippen molar-refractivity contribution in [3.8, 4) is 0 Å². The van der Waals surface area contributed by atoms with Crippen molar-refractivity contribution in [1.29, 1.82) is 0 Å². The van der Waals surface area contributed by atoms with Crippen LogP contribution in [0, 0.1) is 5.41 Å². The number of nitrogens with one attached hydrogen (secondary N) is 1. The van der Waals surface area contributed by atoms with Gasteiger partial charge in [0.05, 0.1) is 0 Å². The van der Waals surface area contributed by atoms with E-state index in [1.54, 1.807) is 0 Å². The van der Waals surface area contributed by atoms with Crippen LogP contribution in [-0.2, 0) is 30.0 Å². The third kappa shape index (κ3) is 3.06. The van der Waals surface area contributed by atoms with E-state index >= 15 is 0 Å². The second-order valence-electron chi connectivity index (χ2n) is 6.56. The van der Waals surface area contributed by atoms with Crippen LogP contribution in [0.15, 0.2) is 0 Å². The van der Waals surface area contributed by atoms with E-state index in [1.807, 2.05) is 19.6 Å². The lowest BCUT2D eigenvalue weighted by molar-refractivity contribution is -0.156. The molecule has 2 aliphatic heterocycles. The van der Waals surface area contributed by atoms with Gasteiger partial charge in [-0.15, -0.1) is 0 Å². The molecule has 7 nitrogen and oxygen atoms in total. The van der Waals surface area contributed by atoms with Crippen LogP contribution in [-0.4, -0.2) is 65.1 Å². The molecule has 0 radical (unpaired) electrons. The van der Waals surface area contributed by atoms with Crippen LogP contribution in [0.3, 0.4) is 0 Å². The molecule has 10 heteroatoms. The maximum Gasteiger partial charge on any atom is 0.306 e. The van der Waals surface area contributed by atoms with E-state index in [9.17, 15) is 18.9 Å². The number of carbonyl (C=O) groups excluding carboxylic acids is 3. The average Bonchev–Trinajstić information content (AvgIpc) is 2.42. The number of hydrogen-bond acceptors (Lipinski definition) is 5. The van der Waals surface area contributed by atoms with Gasteiger partial charge in [0.2, 0.25) is 20.1 Å². The summed E-state index contributed by atoms with van der Waals surface area (Å²) in [7, 11) is -2.09. The summed E-state index contributed by atoms with van der Waals surface area (Å²) in [5.41, 5.74) is -0.997. The number of β-lactam (4-membered cyclic amide) rings is 1. The van der Waals surface area contributed by atoms with Crippen molar-refractivity contribution in [3.05, 3.63) is 0 Å². The zero-order valence-electron chi connectivity index (χ0n) is 12.6. The number of rotatable bonds is 5. The Morgan fingerprint density at radius 3 is 2.77 bits per heavy atom. The number of alkyl halides is 1. The molecule has 2 rings (SSSR count). The second-order valence-corrected chi connectivity index (χ2v) is 13.1. The standard InChI is InChI=1S/C12H19BrN2O5SSi/c1-22(2,3)20-11(18)12(4-13)5-15-9(17)8(14-7-16)10(15)21(19)6-12/h7-8,10H,4-6H2,1-3H3,(H,14,16)/t8?,10-,12?,21?/m1/s1. The van der Waals surface area contributed by atoms with Gasteiger partial charge in [-0.25, -0.2) is 0 Å². The molecule has 0 aromatic rings. The smallest absolute Gasteiger partial charge is 0.306 e. The first-order chi connectivity index (χ1) is 10.1. The van der Waals surface area contributed by atoms with E-state index in [0.29, 0.717) is 6.41 Å². The fourth-order valence-electron chi connectivity index (χ4n) is 2.59. The van der Waals surface area contributed by atoms with Gasteiger partial charge in [-0.05, 0) is 30.8 Å². The molecule has 2 fully saturated rings. The summed E-state index contributed by atoms with van der Waals surface area (Å²) in [5, 5.41) is 2.11. The Morgan fingerprint density at radius 2 is 2.27 bits per heavy atom. The molecule has 22 heavy (non-hydrogen) atoms. The highest BCUT2D eigenvalue weighted by Gasteiger charge is 2.64. The lowest BCUT2D eigenvalue weighted by Crippen LogP contribution is -2.78. The van der Waals surface area contributed by atoms with Gasteiger partial charge in [0.15, 0.2) is 6.04 Å². The summed E-state index contributed by atoms with van der Waals surface area (Å²) in [6, 6.07) is -0.750. The molecule has 0 saturated carbocycles. The Bertz CT molecular complexity index is 502. The van der Waals surface area contributed by atoms with Crippen molar-refractivity contribution < 1.29 is 23.4 Å². The molecular weight excluding hydrogens is 392 g/mol. The van der Waals surface area contributed by atoms with E-state index < -0.39 is 42.3 Å². The van der Waals surface area contributed by atoms with Crippen LogP contribution in [0.1, 0.15) is 0 Å². The Labute approximate surface area is 141 Å². The molecule has 2 amide bonds. The minimum Gasteiger partial charge on any atom is -0.615 e. The van der Waals surface area contributed by atoms with Crippen LogP contribution in [0.4, 0.5) is 0 Å². The highest BCUT2D eigenvalue weighted by molar-refractivity contribution is 9.09. The second kappa shape index (κ2) is 6.14. The number of carbonyl (C=O) groups is 3. The predicted molar refractivity (Wildman–Crippen MR) is 87.2 cm³/mol. The first-order valence-corrected chi connectivity index (χ1v) is 12.7. The Kier molecular flexibility index (Phi) is 4.96. The van der Waals surface area contributed by atoms with Gasteiger partial charge in [-0.2, -0.15) is 0 Å². The van der Waals surface area contributed by atoms with Gasteiger partial charge in [0.1, 0.15) is 11.2 Å². The Balaban J connectivity index is 2.19. The highest BCUT2D eigenvalue weighted by atomic mass is 79.9. The van der Waals surface area contributed by atoms with Gasteiger partial charge in [0.25, 0.3) is 5.91 Å². The zero-order chi connectivity index (χ0) is 16.7. The summed E-state index contributed by atoms with van der Waals surface area (Å²) < 4.78 is 18.0. The lowest BCUT2D eigenvalue weighted by atomic mass is 9.89. The molecule has 4 atom stereocenters. The van der Waals surface area contributed by atoms with E-state index in [0.717, 1.165) is 0 Å². The summed E-state index contributed by atoms with van der Waals surface area (Å²) in [4.78, 5) is 36.5. The van der Waals surface area contributed by atoms with Crippen molar-refractivity contribution in [1.82, 2.24) is 10.2 Å². The first kappa shape index (κ1) is 17.8. The normalized spacial score (nSPS) is 34.5. The highest BCUT2D eigenvalue weighted by Crippen LogP contribution is 2.40. The van der Waals surface area contributed by atoms with Crippen LogP contribution < -0.4 is 5.32 Å². The molecule has 0 bridgehead atoms. The quantitative estimate of drug-likeness (QED) is 0.222. The third-order valence-electron chi connectivity index (χ3n) is 3.64. The Morgan fingerprint density at radius 1 is 1.64 bits per heavy atom. The molecule has 3 unspecified atom stereocenters. The van der Waals surface area contributed by atoms with Crippen LogP contribution in [0.5, 0.6) is 0 Å². The fourth-order valence-corrected chi connectivity index (χ4v) is 6.21. The van der Waals surface area contributed by atoms with Gasteiger partial charge in [0, 0.05) is 11.9 Å². The topological polar surface area (TPSA) is 98.8 Å². The number of amides is 2. The van der Waals surface area contributed by atoms with E-state index in [4.69, 9.17) is 4.43 Å². The summed E-state index contributed by atoms with van der Waals surface area (Å²) >= 11 is 1.88. The van der Waals surface area contributed by atoms with Crippen molar-refractivity contribution in [2.24, 2.45) is 5.41 Å².